The van der Waals surface area contributed by atoms with E-state index in [-0.39, 0.29) is 6.04 Å². The average Bonchev–Trinajstić information content (AvgIpc) is 2.13. The zero-order valence-electron chi connectivity index (χ0n) is 9.61. The molecule has 0 atom stereocenters. The summed E-state index contributed by atoms with van der Waals surface area (Å²) in [5, 5.41) is 21.0. The smallest absolute Gasteiger partial charge is 0.182 e. The molecule has 0 aliphatic rings. The van der Waals surface area contributed by atoms with E-state index in [2.05, 4.69) is 0 Å². The van der Waals surface area contributed by atoms with Crippen LogP contribution in [0.1, 0.15) is 30.5 Å². The molecule has 3 heteroatoms. The van der Waals surface area contributed by atoms with E-state index in [0.717, 1.165) is 21.4 Å². The minimum Gasteiger partial charge on any atom is -0.624 e. The lowest BCUT2D eigenvalue weighted by atomic mass is 10.1. The molecule has 0 heterocycles. The van der Waals surface area contributed by atoms with Gasteiger partial charge in [0.25, 0.3) is 0 Å². The Morgan fingerprint density at radius 3 is 2.13 bits per heavy atom. The van der Waals surface area contributed by atoms with Crippen molar-refractivity contribution in [1.82, 2.24) is 0 Å². The third-order valence-corrected chi connectivity index (χ3v) is 2.30. The third-order valence-electron chi connectivity index (χ3n) is 2.30. The molecule has 0 unspecified atom stereocenters. The van der Waals surface area contributed by atoms with E-state index in [9.17, 15) is 10.3 Å². The van der Waals surface area contributed by atoms with Crippen molar-refractivity contribution in [3.63, 3.8) is 0 Å². The molecule has 0 saturated carbocycles. The first-order chi connectivity index (χ1) is 6.91. The first-order valence-electron chi connectivity index (χ1n) is 5.02. The second-order valence-electron chi connectivity index (χ2n) is 4.09. The number of hydrogen-bond donors (Lipinski definition) is 1. The van der Waals surface area contributed by atoms with Crippen LogP contribution in [-0.4, -0.2) is 22.1 Å². The molecule has 82 valence electrons. The highest BCUT2D eigenvalue weighted by Gasteiger charge is 2.05. The molecule has 3 nitrogen and oxygen atoms in total. The van der Waals surface area contributed by atoms with Gasteiger partial charge in [-0.05, 0) is 51.0 Å². The second-order valence-corrected chi connectivity index (χ2v) is 4.09. The van der Waals surface area contributed by atoms with E-state index < -0.39 is 0 Å². The first-order valence-corrected chi connectivity index (χ1v) is 5.02. The van der Waals surface area contributed by atoms with Crippen molar-refractivity contribution in [2.45, 2.75) is 33.7 Å². The fourth-order valence-corrected chi connectivity index (χ4v) is 1.36. The van der Waals surface area contributed by atoms with Gasteiger partial charge in [-0.1, -0.05) is 0 Å². The van der Waals surface area contributed by atoms with Gasteiger partial charge in [-0.25, -0.2) is 4.74 Å². The number of phenols is 1. The molecule has 0 aliphatic carbocycles. The fourth-order valence-electron chi connectivity index (χ4n) is 1.36. The maximum atomic E-state index is 11.4. The maximum absolute atomic E-state index is 11.4. The number of nitrogens with zero attached hydrogens (tertiary/aromatic N) is 1. The largest absolute Gasteiger partial charge is 0.624 e. The monoisotopic (exact) mass is 207 g/mol. The van der Waals surface area contributed by atoms with Crippen molar-refractivity contribution < 1.29 is 9.85 Å². The van der Waals surface area contributed by atoms with Crippen LogP contribution < -0.4 is 0 Å². The predicted octanol–water partition coefficient (Wildman–Crippen LogP) is 2.35. The quantitative estimate of drug-likeness (QED) is 0.350. The highest BCUT2D eigenvalue weighted by molar-refractivity contribution is 5.77. The summed E-state index contributed by atoms with van der Waals surface area (Å²) in [7, 11) is 0. The van der Waals surface area contributed by atoms with Gasteiger partial charge in [0, 0.05) is 5.56 Å². The van der Waals surface area contributed by atoms with Gasteiger partial charge in [-0.15, -0.1) is 0 Å². The normalized spacial score (nSPS) is 12.2. The minimum absolute atomic E-state index is 0.0700. The summed E-state index contributed by atoms with van der Waals surface area (Å²) in [6.45, 7) is 7.32. The summed E-state index contributed by atoms with van der Waals surface area (Å²) in [6.07, 6.45) is 1.55. The van der Waals surface area contributed by atoms with E-state index in [0.29, 0.717) is 5.75 Å². The Balaban J connectivity index is 3.13. The summed E-state index contributed by atoms with van der Waals surface area (Å²) in [5.74, 6) is 0.300. The molecule has 0 saturated heterocycles. The average molecular weight is 207 g/mol. The Bertz CT molecular complexity index is 372. The first kappa shape index (κ1) is 11.6. The van der Waals surface area contributed by atoms with Gasteiger partial charge in [0.1, 0.15) is 5.75 Å². The standard InChI is InChI=1S/C12H17NO2/c1-8(2)13(15)7-11-5-9(3)12(14)10(4)6-11/h5-8,14H,1-4H3/b13-7+. The molecule has 1 rings (SSSR count). The summed E-state index contributed by atoms with van der Waals surface area (Å²) in [6, 6.07) is 3.53. The van der Waals surface area contributed by atoms with Gasteiger partial charge < -0.3 is 10.3 Å². The molecule has 0 bridgehead atoms. The van der Waals surface area contributed by atoms with Crippen molar-refractivity contribution >= 4 is 6.21 Å². The van der Waals surface area contributed by atoms with E-state index >= 15 is 0 Å². The van der Waals surface area contributed by atoms with Crippen LogP contribution >= 0.6 is 0 Å². The van der Waals surface area contributed by atoms with Crippen LogP contribution in [0.2, 0.25) is 0 Å². The van der Waals surface area contributed by atoms with Crippen molar-refractivity contribution in [3.05, 3.63) is 34.0 Å². The number of rotatable bonds is 2. The molecule has 0 fully saturated rings. The van der Waals surface area contributed by atoms with Crippen LogP contribution in [0.25, 0.3) is 0 Å². The number of hydroxylamine groups is 1. The highest BCUT2D eigenvalue weighted by atomic mass is 16.5. The number of benzene rings is 1. The summed E-state index contributed by atoms with van der Waals surface area (Å²) < 4.78 is 0.908. The van der Waals surface area contributed by atoms with Gasteiger partial charge in [-0.3, -0.25) is 0 Å². The lowest BCUT2D eigenvalue weighted by Crippen LogP contribution is -2.15. The van der Waals surface area contributed by atoms with Crippen molar-refractivity contribution in [3.8, 4) is 5.75 Å². The molecule has 1 aromatic carbocycles. The van der Waals surface area contributed by atoms with E-state index in [4.69, 9.17) is 0 Å². The molecule has 0 amide bonds. The van der Waals surface area contributed by atoms with Crippen molar-refractivity contribution in [2.75, 3.05) is 0 Å². The molecule has 15 heavy (non-hydrogen) atoms. The van der Waals surface area contributed by atoms with Gasteiger partial charge in [0.15, 0.2) is 12.3 Å². The fraction of sp³-hybridized carbons (Fsp3) is 0.417. The Kier molecular flexibility index (Phi) is 3.35. The van der Waals surface area contributed by atoms with Crippen LogP contribution in [0.3, 0.4) is 0 Å². The topological polar surface area (TPSA) is 46.3 Å². The van der Waals surface area contributed by atoms with Crippen molar-refractivity contribution in [2.24, 2.45) is 0 Å². The van der Waals surface area contributed by atoms with Crippen LogP contribution in [0, 0.1) is 19.1 Å². The van der Waals surface area contributed by atoms with E-state index in [1.165, 1.54) is 0 Å². The second kappa shape index (κ2) is 4.34. The number of aryl methyl sites for hydroxylation is 2. The van der Waals surface area contributed by atoms with Crippen LogP contribution in [-0.2, 0) is 0 Å². The predicted molar refractivity (Wildman–Crippen MR) is 61.5 cm³/mol. The SMILES string of the molecule is Cc1cc(/C=[N+](/[O-])C(C)C)cc(C)c1O. The van der Waals surface area contributed by atoms with Gasteiger partial charge >= 0.3 is 0 Å². The summed E-state index contributed by atoms with van der Waals surface area (Å²) >= 11 is 0. The summed E-state index contributed by atoms with van der Waals surface area (Å²) in [4.78, 5) is 0. The van der Waals surface area contributed by atoms with Gasteiger partial charge in [-0.2, -0.15) is 0 Å². The van der Waals surface area contributed by atoms with Crippen molar-refractivity contribution in [1.29, 1.82) is 0 Å². The molecule has 0 aromatic heterocycles. The van der Waals surface area contributed by atoms with Crippen LogP contribution in [0.5, 0.6) is 5.75 Å². The molecule has 0 radical (unpaired) electrons. The van der Waals surface area contributed by atoms with E-state index in [1.54, 1.807) is 18.3 Å². The molecule has 0 spiro atoms. The Hall–Kier alpha value is -1.51. The highest BCUT2D eigenvalue weighted by Crippen LogP contribution is 2.21. The number of hydrogen-bond acceptors (Lipinski definition) is 2. The third kappa shape index (κ3) is 2.72. The van der Waals surface area contributed by atoms with Gasteiger partial charge in [0.2, 0.25) is 0 Å². The number of phenolic OH excluding ortho intramolecular Hbond substituents is 1. The Labute approximate surface area is 90.3 Å². The van der Waals surface area contributed by atoms with Crippen LogP contribution in [0.15, 0.2) is 12.1 Å². The zero-order valence-corrected chi connectivity index (χ0v) is 9.61. The van der Waals surface area contributed by atoms with Gasteiger partial charge in [0.05, 0.1) is 0 Å². The van der Waals surface area contributed by atoms with E-state index in [1.807, 2.05) is 27.7 Å². The molecule has 1 N–H and O–H groups in total. The Morgan fingerprint density at radius 1 is 1.27 bits per heavy atom. The Morgan fingerprint density at radius 2 is 1.73 bits per heavy atom. The minimum atomic E-state index is -0.0700. The molecule has 0 aliphatic heterocycles. The zero-order chi connectivity index (χ0) is 11.6. The molecular formula is C12H17NO2. The maximum Gasteiger partial charge on any atom is 0.182 e. The molecular weight excluding hydrogens is 190 g/mol. The van der Waals surface area contributed by atoms with Crippen LogP contribution in [0.4, 0.5) is 0 Å². The number of aromatic hydroxyl groups is 1. The summed E-state index contributed by atoms with van der Waals surface area (Å²) in [5.41, 5.74) is 2.41. The molecule has 1 aromatic rings. The lowest BCUT2D eigenvalue weighted by Gasteiger charge is -2.08. The lowest BCUT2D eigenvalue weighted by molar-refractivity contribution is -0.487.